The van der Waals surface area contributed by atoms with Crippen molar-refractivity contribution in [3.63, 3.8) is 0 Å². The molecule has 1 aromatic heterocycles. The minimum absolute atomic E-state index is 0.0354. The first-order valence-corrected chi connectivity index (χ1v) is 9.17. The third kappa shape index (κ3) is 3.99. The molecule has 2 aromatic rings. The van der Waals surface area contributed by atoms with E-state index in [1.54, 1.807) is 12.1 Å². The number of piperazine rings is 1. The molecule has 0 radical (unpaired) electrons. The number of aryl methyl sites for hydroxylation is 1. The van der Waals surface area contributed by atoms with Crippen LogP contribution in [0, 0.1) is 12.7 Å². The molecule has 0 unspecified atom stereocenters. The molecule has 1 amide bonds. The highest BCUT2D eigenvalue weighted by Crippen LogP contribution is 2.24. The van der Waals surface area contributed by atoms with Gasteiger partial charge in [0.1, 0.15) is 15.7 Å². The van der Waals surface area contributed by atoms with Crippen molar-refractivity contribution in [1.29, 1.82) is 0 Å². The molecule has 7 heteroatoms. The lowest BCUT2D eigenvalue weighted by Gasteiger charge is -2.36. The first kappa shape index (κ1) is 17.8. The third-order valence-corrected chi connectivity index (χ3v) is 5.38. The van der Waals surface area contributed by atoms with Crippen molar-refractivity contribution in [2.45, 2.75) is 13.5 Å². The van der Waals surface area contributed by atoms with E-state index in [0.717, 1.165) is 22.1 Å². The molecule has 1 aliphatic rings. The van der Waals surface area contributed by atoms with E-state index in [9.17, 15) is 9.18 Å². The standard InChI is InChI=1S/C18H23FN4OS/c1-13-17(25-16(20-13)12-21(2)3)18(24)23-10-8-22(9-11-23)15-7-5-4-6-14(15)19/h4-7H,8-12H2,1-3H3. The van der Waals surface area contributed by atoms with E-state index in [1.807, 2.05) is 41.8 Å². The lowest BCUT2D eigenvalue weighted by molar-refractivity contribution is 0.0750. The molecule has 3 rings (SSSR count). The van der Waals surface area contributed by atoms with Gasteiger partial charge in [0.2, 0.25) is 0 Å². The van der Waals surface area contributed by atoms with Crippen LogP contribution in [0.3, 0.4) is 0 Å². The first-order valence-electron chi connectivity index (χ1n) is 8.35. The summed E-state index contributed by atoms with van der Waals surface area (Å²) in [5, 5.41) is 0.954. The zero-order valence-electron chi connectivity index (χ0n) is 14.8. The fraction of sp³-hybridized carbons (Fsp3) is 0.444. The van der Waals surface area contributed by atoms with Crippen LogP contribution in [0.5, 0.6) is 0 Å². The first-order chi connectivity index (χ1) is 12.0. The Kier molecular flexibility index (Phi) is 5.34. The molecule has 25 heavy (non-hydrogen) atoms. The fourth-order valence-electron chi connectivity index (χ4n) is 2.99. The highest BCUT2D eigenvalue weighted by molar-refractivity contribution is 7.13. The van der Waals surface area contributed by atoms with Gasteiger partial charge in [-0.15, -0.1) is 11.3 Å². The number of carbonyl (C=O) groups is 1. The Labute approximate surface area is 151 Å². The molecule has 0 saturated carbocycles. The van der Waals surface area contributed by atoms with Crippen LogP contribution in [-0.2, 0) is 6.54 Å². The van der Waals surface area contributed by atoms with E-state index in [1.165, 1.54) is 17.4 Å². The second-order valence-electron chi connectivity index (χ2n) is 6.49. The SMILES string of the molecule is Cc1nc(CN(C)C)sc1C(=O)N1CCN(c2ccccc2F)CC1. The zero-order valence-corrected chi connectivity index (χ0v) is 15.6. The number of hydrogen-bond acceptors (Lipinski definition) is 5. The monoisotopic (exact) mass is 362 g/mol. The largest absolute Gasteiger partial charge is 0.366 e. The summed E-state index contributed by atoms with van der Waals surface area (Å²) in [6.07, 6.45) is 0. The zero-order chi connectivity index (χ0) is 18.0. The van der Waals surface area contributed by atoms with Gasteiger partial charge in [0.15, 0.2) is 0 Å². The molecule has 1 aliphatic heterocycles. The second-order valence-corrected chi connectivity index (χ2v) is 7.57. The normalized spacial score (nSPS) is 15.1. The van der Waals surface area contributed by atoms with Crippen molar-refractivity contribution < 1.29 is 9.18 Å². The van der Waals surface area contributed by atoms with Gasteiger partial charge in [-0.25, -0.2) is 9.37 Å². The Bertz CT molecular complexity index is 753. The van der Waals surface area contributed by atoms with Gasteiger partial charge in [0.25, 0.3) is 5.91 Å². The van der Waals surface area contributed by atoms with Crippen molar-refractivity contribution in [3.8, 4) is 0 Å². The van der Waals surface area contributed by atoms with E-state index in [4.69, 9.17) is 0 Å². The third-order valence-electron chi connectivity index (χ3n) is 4.25. The van der Waals surface area contributed by atoms with Gasteiger partial charge >= 0.3 is 0 Å². The number of benzene rings is 1. The number of halogens is 1. The molecule has 5 nitrogen and oxygen atoms in total. The van der Waals surface area contributed by atoms with E-state index in [-0.39, 0.29) is 11.7 Å². The Hall–Kier alpha value is -1.99. The molecule has 0 N–H and O–H groups in total. The van der Waals surface area contributed by atoms with Crippen LogP contribution in [0.2, 0.25) is 0 Å². The Morgan fingerprint density at radius 1 is 1.24 bits per heavy atom. The van der Waals surface area contributed by atoms with Gasteiger partial charge in [-0.05, 0) is 33.2 Å². The van der Waals surface area contributed by atoms with Crippen molar-refractivity contribution in [2.24, 2.45) is 0 Å². The van der Waals surface area contributed by atoms with Crippen molar-refractivity contribution in [2.75, 3.05) is 45.2 Å². The summed E-state index contributed by atoms with van der Waals surface area (Å²) in [5.41, 5.74) is 1.40. The van der Waals surface area contributed by atoms with E-state index >= 15 is 0 Å². The average Bonchev–Trinajstić information content (AvgIpc) is 2.94. The molecule has 0 bridgehead atoms. The number of rotatable bonds is 4. The van der Waals surface area contributed by atoms with Crippen LogP contribution in [-0.4, -0.2) is 61.0 Å². The van der Waals surface area contributed by atoms with Gasteiger partial charge in [-0.3, -0.25) is 4.79 Å². The molecule has 0 spiro atoms. The quantitative estimate of drug-likeness (QED) is 0.838. The lowest BCUT2D eigenvalue weighted by atomic mass is 10.2. The summed E-state index contributed by atoms with van der Waals surface area (Å²) >= 11 is 1.47. The van der Waals surface area contributed by atoms with Crippen LogP contribution in [0.1, 0.15) is 20.4 Å². The Morgan fingerprint density at radius 2 is 1.92 bits per heavy atom. The number of nitrogens with zero attached hydrogens (tertiary/aromatic N) is 4. The minimum atomic E-state index is -0.214. The lowest BCUT2D eigenvalue weighted by Crippen LogP contribution is -2.49. The van der Waals surface area contributed by atoms with Gasteiger partial charge in [0, 0.05) is 32.7 Å². The highest BCUT2D eigenvalue weighted by Gasteiger charge is 2.26. The molecule has 1 saturated heterocycles. The van der Waals surface area contributed by atoms with E-state index < -0.39 is 0 Å². The minimum Gasteiger partial charge on any atom is -0.366 e. The highest BCUT2D eigenvalue weighted by atomic mass is 32.1. The predicted molar refractivity (Wildman–Crippen MR) is 98.8 cm³/mol. The van der Waals surface area contributed by atoms with Crippen LogP contribution < -0.4 is 4.90 Å². The maximum Gasteiger partial charge on any atom is 0.265 e. The molecule has 134 valence electrons. The summed E-state index contributed by atoms with van der Waals surface area (Å²) in [5.74, 6) is -0.179. The summed E-state index contributed by atoms with van der Waals surface area (Å²) in [6.45, 7) is 5.07. The fourth-order valence-corrected chi connectivity index (χ4v) is 4.14. The summed E-state index contributed by atoms with van der Waals surface area (Å²) in [7, 11) is 3.97. The van der Waals surface area contributed by atoms with Crippen molar-refractivity contribution >= 4 is 22.9 Å². The second kappa shape index (κ2) is 7.49. The van der Waals surface area contributed by atoms with Gasteiger partial charge in [-0.1, -0.05) is 12.1 Å². The molecule has 0 aliphatic carbocycles. The van der Waals surface area contributed by atoms with Crippen LogP contribution in [0.4, 0.5) is 10.1 Å². The Balaban J connectivity index is 1.66. The van der Waals surface area contributed by atoms with Crippen LogP contribution >= 0.6 is 11.3 Å². The molecular weight excluding hydrogens is 339 g/mol. The number of anilines is 1. The van der Waals surface area contributed by atoms with Gasteiger partial charge < -0.3 is 14.7 Å². The van der Waals surface area contributed by atoms with Crippen molar-refractivity contribution in [3.05, 3.63) is 45.7 Å². The van der Waals surface area contributed by atoms with Crippen LogP contribution in [0.15, 0.2) is 24.3 Å². The molecule has 0 atom stereocenters. The summed E-state index contributed by atoms with van der Waals surface area (Å²) < 4.78 is 13.9. The van der Waals surface area contributed by atoms with E-state index in [2.05, 4.69) is 4.98 Å². The Morgan fingerprint density at radius 3 is 2.56 bits per heavy atom. The average molecular weight is 362 g/mol. The topological polar surface area (TPSA) is 39.7 Å². The molecule has 1 fully saturated rings. The number of aromatic nitrogens is 1. The maximum absolute atomic E-state index is 13.9. The number of thiazole rings is 1. The molecular formula is C18H23FN4OS. The van der Waals surface area contributed by atoms with Crippen LogP contribution in [0.25, 0.3) is 0 Å². The molecule has 1 aromatic carbocycles. The maximum atomic E-state index is 13.9. The number of amides is 1. The number of hydrogen-bond donors (Lipinski definition) is 0. The molecule has 2 heterocycles. The summed E-state index contributed by atoms with van der Waals surface area (Å²) in [6, 6.07) is 6.78. The summed E-state index contributed by atoms with van der Waals surface area (Å²) in [4.78, 5) is 23.9. The van der Waals surface area contributed by atoms with E-state index in [0.29, 0.717) is 31.9 Å². The predicted octanol–water partition coefficient (Wildman–Crippen LogP) is 2.61. The number of carbonyl (C=O) groups excluding carboxylic acids is 1. The smallest absolute Gasteiger partial charge is 0.265 e. The van der Waals surface area contributed by atoms with Crippen molar-refractivity contribution in [1.82, 2.24) is 14.8 Å². The number of para-hydroxylation sites is 1. The van der Waals surface area contributed by atoms with Gasteiger partial charge in [-0.2, -0.15) is 0 Å². The van der Waals surface area contributed by atoms with Gasteiger partial charge in [0.05, 0.1) is 11.4 Å².